The summed E-state index contributed by atoms with van der Waals surface area (Å²) < 4.78 is 4.82. The van der Waals surface area contributed by atoms with Crippen molar-refractivity contribution in [3.8, 4) is 0 Å². The zero-order chi connectivity index (χ0) is 12.2. The van der Waals surface area contributed by atoms with Crippen LogP contribution in [0, 0.1) is 11.3 Å². The Labute approximate surface area is 95.8 Å². The highest BCUT2D eigenvalue weighted by Crippen LogP contribution is 2.39. The van der Waals surface area contributed by atoms with Crippen molar-refractivity contribution in [2.45, 2.75) is 45.6 Å². The number of carbonyl (C=O) groups excluding carboxylic acids is 1. The summed E-state index contributed by atoms with van der Waals surface area (Å²) in [5.41, 5.74) is 7.92. The van der Waals surface area contributed by atoms with Crippen molar-refractivity contribution in [2.24, 2.45) is 16.4 Å². The van der Waals surface area contributed by atoms with Gasteiger partial charge in [0.15, 0.2) is 0 Å². The third-order valence-electron chi connectivity index (χ3n) is 3.64. The van der Waals surface area contributed by atoms with E-state index < -0.39 is 5.41 Å². The zero-order valence-corrected chi connectivity index (χ0v) is 10.1. The van der Waals surface area contributed by atoms with E-state index in [1.165, 1.54) is 7.11 Å². The van der Waals surface area contributed by atoms with E-state index in [0.29, 0.717) is 5.92 Å². The van der Waals surface area contributed by atoms with Crippen molar-refractivity contribution >= 4 is 5.97 Å². The number of esters is 1. The summed E-state index contributed by atoms with van der Waals surface area (Å²) in [5, 5.41) is 3.73. The predicted octanol–water partition coefficient (Wildman–Crippen LogP) is 3.05. The summed E-state index contributed by atoms with van der Waals surface area (Å²) in [6.45, 7) is 3.86. The molecule has 0 radical (unpaired) electrons. The molecule has 0 N–H and O–H groups in total. The molecule has 5 nitrogen and oxygen atoms in total. The second-order valence-electron chi connectivity index (χ2n) is 4.92. The molecule has 0 amide bonds. The highest BCUT2D eigenvalue weighted by molar-refractivity contribution is 5.76. The number of carbonyl (C=O) groups is 1. The van der Waals surface area contributed by atoms with Crippen LogP contribution in [-0.4, -0.2) is 19.1 Å². The molecular formula is C11H19N3O2. The lowest BCUT2D eigenvalue weighted by molar-refractivity contribution is -0.154. The molecule has 0 aromatic rings. The molecule has 1 aliphatic rings. The third-order valence-corrected chi connectivity index (χ3v) is 3.64. The van der Waals surface area contributed by atoms with Gasteiger partial charge in [-0.3, -0.25) is 4.79 Å². The van der Waals surface area contributed by atoms with E-state index >= 15 is 0 Å². The fraction of sp³-hybridized carbons (Fsp3) is 0.909. The van der Waals surface area contributed by atoms with Crippen LogP contribution in [0.5, 0.6) is 0 Å². The topological polar surface area (TPSA) is 75.1 Å². The lowest BCUT2D eigenvalue weighted by Crippen LogP contribution is -2.36. The predicted molar refractivity (Wildman–Crippen MR) is 60.7 cm³/mol. The van der Waals surface area contributed by atoms with Crippen LogP contribution in [0.25, 0.3) is 10.4 Å². The van der Waals surface area contributed by atoms with Crippen molar-refractivity contribution < 1.29 is 9.53 Å². The second-order valence-corrected chi connectivity index (χ2v) is 4.92. The van der Waals surface area contributed by atoms with E-state index in [2.05, 4.69) is 10.0 Å². The molecule has 1 rings (SSSR count). The Hall–Kier alpha value is -1.22. The Bertz CT molecular complexity index is 300. The SMILES string of the molecule is COC(=O)C(C)(C)C1CCC(N=[N+]=[N-])CC1. The van der Waals surface area contributed by atoms with Gasteiger partial charge in [-0.2, -0.15) is 0 Å². The molecule has 1 saturated carbocycles. The monoisotopic (exact) mass is 225 g/mol. The van der Waals surface area contributed by atoms with Gasteiger partial charge in [-0.1, -0.05) is 5.11 Å². The number of rotatable bonds is 3. The number of hydrogen-bond acceptors (Lipinski definition) is 3. The molecule has 5 heteroatoms. The van der Waals surface area contributed by atoms with Gasteiger partial charge >= 0.3 is 5.97 Å². The Morgan fingerprint density at radius 1 is 1.38 bits per heavy atom. The summed E-state index contributed by atoms with van der Waals surface area (Å²) in [4.78, 5) is 14.5. The first kappa shape index (κ1) is 12.8. The van der Waals surface area contributed by atoms with Gasteiger partial charge in [-0.05, 0) is 51.0 Å². The van der Waals surface area contributed by atoms with E-state index in [-0.39, 0.29) is 12.0 Å². The Balaban J connectivity index is 2.59. The number of methoxy groups -OCH3 is 1. The van der Waals surface area contributed by atoms with E-state index in [9.17, 15) is 4.79 Å². The summed E-state index contributed by atoms with van der Waals surface area (Å²) in [7, 11) is 1.43. The first-order valence-electron chi connectivity index (χ1n) is 5.65. The Morgan fingerprint density at radius 2 is 1.94 bits per heavy atom. The summed E-state index contributed by atoms with van der Waals surface area (Å²) in [5.74, 6) is 0.171. The number of azide groups is 1. The third kappa shape index (κ3) is 2.67. The highest BCUT2D eigenvalue weighted by atomic mass is 16.5. The number of ether oxygens (including phenoxy) is 1. The molecule has 0 unspecified atom stereocenters. The quantitative estimate of drug-likeness (QED) is 0.320. The van der Waals surface area contributed by atoms with Crippen LogP contribution >= 0.6 is 0 Å². The smallest absolute Gasteiger partial charge is 0.311 e. The van der Waals surface area contributed by atoms with Crippen molar-refractivity contribution in [3.63, 3.8) is 0 Å². The molecule has 0 heterocycles. The molecule has 0 aromatic carbocycles. The van der Waals surface area contributed by atoms with Crippen LogP contribution in [0.2, 0.25) is 0 Å². The summed E-state index contributed by atoms with van der Waals surface area (Å²) in [6.07, 6.45) is 3.59. The maximum Gasteiger partial charge on any atom is 0.311 e. The first-order valence-corrected chi connectivity index (χ1v) is 5.65. The van der Waals surface area contributed by atoms with Gasteiger partial charge in [0, 0.05) is 11.0 Å². The van der Waals surface area contributed by atoms with Gasteiger partial charge in [-0.15, -0.1) is 0 Å². The fourth-order valence-corrected chi connectivity index (χ4v) is 2.42. The standard InChI is InChI=1S/C11H19N3O2/c1-11(2,10(15)16-3)8-4-6-9(7-5-8)13-14-12/h8-9H,4-7H2,1-3H3. The van der Waals surface area contributed by atoms with Crippen LogP contribution in [0.4, 0.5) is 0 Å². The van der Waals surface area contributed by atoms with Crippen molar-refractivity contribution in [3.05, 3.63) is 10.4 Å². The summed E-state index contributed by atoms with van der Waals surface area (Å²) >= 11 is 0. The van der Waals surface area contributed by atoms with Gasteiger partial charge in [-0.25, -0.2) is 0 Å². The maximum absolute atomic E-state index is 11.6. The minimum atomic E-state index is -0.434. The van der Waals surface area contributed by atoms with Crippen LogP contribution in [0.15, 0.2) is 5.11 Å². The van der Waals surface area contributed by atoms with Crippen LogP contribution < -0.4 is 0 Å². The van der Waals surface area contributed by atoms with Crippen molar-refractivity contribution in [1.82, 2.24) is 0 Å². The molecule has 0 bridgehead atoms. The minimum Gasteiger partial charge on any atom is -0.469 e. The highest BCUT2D eigenvalue weighted by Gasteiger charge is 2.39. The summed E-state index contributed by atoms with van der Waals surface area (Å²) in [6, 6.07) is 0.106. The second kappa shape index (κ2) is 5.21. The average molecular weight is 225 g/mol. The van der Waals surface area contributed by atoms with Crippen LogP contribution in [0.3, 0.4) is 0 Å². The van der Waals surface area contributed by atoms with Crippen molar-refractivity contribution in [1.29, 1.82) is 0 Å². The molecule has 0 spiro atoms. The molecule has 0 atom stereocenters. The van der Waals surface area contributed by atoms with E-state index in [0.717, 1.165) is 25.7 Å². The van der Waals surface area contributed by atoms with Crippen LogP contribution in [-0.2, 0) is 9.53 Å². The molecule has 1 fully saturated rings. The number of nitrogens with zero attached hydrogens (tertiary/aromatic N) is 3. The lowest BCUT2D eigenvalue weighted by Gasteiger charge is -2.36. The molecular weight excluding hydrogens is 206 g/mol. The van der Waals surface area contributed by atoms with E-state index in [1.54, 1.807) is 0 Å². The lowest BCUT2D eigenvalue weighted by atomic mass is 9.70. The fourth-order valence-electron chi connectivity index (χ4n) is 2.42. The normalized spacial score (nSPS) is 25.7. The Morgan fingerprint density at radius 3 is 2.38 bits per heavy atom. The minimum absolute atomic E-state index is 0.106. The average Bonchev–Trinajstić information content (AvgIpc) is 2.29. The van der Waals surface area contributed by atoms with E-state index in [4.69, 9.17) is 10.3 Å². The largest absolute Gasteiger partial charge is 0.469 e. The first-order chi connectivity index (χ1) is 7.52. The number of hydrogen-bond donors (Lipinski definition) is 0. The molecule has 0 aromatic heterocycles. The van der Waals surface area contributed by atoms with Crippen molar-refractivity contribution in [2.75, 3.05) is 7.11 Å². The van der Waals surface area contributed by atoms with E-state index in [1.807, 2.05) is 13.8 Å². The molecule has 0 saturated heterocycles. The van der Waals surface area contributed by atoms with Crippen LogP contribution in [0.1, 0.15) is 39.5 Å². The van der Waals surface area contributed by atoms with Gasteiger partial charge in [0.1, 0.15) is 0 Å². The molecule has 1 aliphatic carbocycles. The Kier molecular flexibility index (Phi) is 4.19. The molecule has 0 aliphatic heterocycles. The van der Waals surface area contributed by atoms with Gasteiger partial charge in [0.25, 0.3) is 0 Å². The van der Waals surface area contributed by atoms with Gasteiger partial charge in [0.05, 0.1) is 12.5 Å². The molecule has 90 valence electrons. The maximum atomic E-state index is 11.6. The van der Waals surface area contributed by atoms with Gasteiger partial charge < -0.3 is 4.74 Å². The molecule has 16 heavy (non-hydrogen) atoms. The zero-order valence-electron chi connectivity index (χ0n) is 10.1. The van der Waals surface area contributed by atoms with Gasteiger partial charge in [0.2, 0.25) is 0 Å².